The zero-order valence-corrected chi connectivity index (χ0v) is 13.2. The third-order valence-electron chi connectivity index (χ3n) is 1.43. The number of rotatable bonds is 3. The second kappa shape index (κ2) is 9.59. The molecule has 0 bridgehead atoms. The quantitative estimate of drug-likeness (QED) is 0.360. The predicted molar refractivity (Wildman–Crippen MR) is 59.6 cm³/mol. The van der Waals surface area contributed by atoms with Crippen LogP contribution >= 0.6 is 19.8 Å². The van der Waals surface area contributed by atoms with Crippen molar-refractivity contribution < 1.29 is 24.3 Å². The van der Waals surface area contributed by atoms with E-state index in [1.54, 1.807) is 19.1 Å². The fraction of sp³-hybridized carbons (Fsp3) is 0.300. The molecule has 0 spiro atoms. The molecule has 2 nitrogen and oxygen atoms in total. The normalized spacial score (nSPS) is 8.57. The van der Waals surface area contributed by atoms with Crippen LogP contribution in [-0.2, 0) is 30.7 Å². The standard InChI is InChI=1S/C10H11O2.HI.Zn/c1-2-12-10(11)8-9-6-4-3-5-7-9;;/h3-4,6-7H,2,8H2,1H3;1H;/q-1;;+2/p-1. The first-order valence-corrected chi connectivity index (χ1v) is 13.2. The average Bonchev–Trinajstić information content (AvgIpc) is 2.22. The van der Waals surface area contributed by atoms with E-state index in [0.29, 0.717) is 13.0 Å². The molecule has 0 amide bonds. The topological polar surface area (TPSA) is 26.3 Å². The van der Waals surface area contributed by atoms with Crippen LogP contribution in [-0.4, -0.2) is 12.6 Å². The Morgan fingerprint density at radius 1 is 1.64 bits per heavy atom. The van der Waals surface area contributed by atoms with E-state index in [1.807, 2.05) is 12.1 Å². The Morgan fingerprint density at radius 3 is 2.86 bits per heavy atom. The van der Waals surface area contributed by atoms with Crippen LogP contribution in [0.25, 0.3) is 0 Å². The van der Waals surface area contributed by atoms with Gasteiger partial charge in [0.1, 0.15) is 0 Å². The van der Waals surface area contributed by atoms with Gasteiger partial charge in [-0.15, -0.1) is 5.56 Å². The Labute approximate surface area is 105 Å². The molecule has 0 unspecified atom stereocenters. The van der Waals surface area contributed by atoms with Crippen molar-refractivity contribution in [3.63, 3.8) is 0 Å². The third kappa shape index (κ3) is 6.49. The van der Waals surface area contributed by atoms with Gasteiger partial charge < -0.3 is 4.74 Å². The molecule has 1 aromatic carbocycles. The van der Waals surface area contributed by atoms with Gasteiger partial charge in [-0.2, -0.15) is 30.3 Å². The first-order chi connectivity index (χ1) is 6.83. The first kappa shape index (κ1) is 14.0. The second-order valence-electron chi connectivity index (χ2n) is 2.39. The summed E-state index contributed by atoms with van der Waals surface area (Å²) in [6.45, 7) is 2.24. The Kier molecular flexibility index (Phi) is 9.62. The van der Waals surface area contributed by atoms with Crippen LogP contribution in [0.4, 0.5) is 0 Å². The molecular formula is C10H11IO2Zn. The van der Waals surface area contributed by atoms with Gasteiger partial charge in [0.15, 0.2) is 0 Å². The Morgan fingerprint density at radius 2 is 2.36 bits per heavy atom. The van der Waals surface area contributed by atoms with Crippen LogP contribution in [0.15, 0.2) is 24.3 Å². The summed E-state index contributed by atoms with van der Waals surface area (Å²) in [4.78, 5) is 11.0. The van der Waals surface area contributed by atoms with Crippen molar-refractivity contribution in [2.75, 3.05) is 6.61 Å². The molecule has 0 heterocycles. The fourth-order valence-corrected chi connectivity index (χ4v) is 0.919. The first-order valence-electron chi connectivity index (χ1n) is 4.20. The van der Waals surface area contributed by atoms with Gasteiger partial charge in [-0.1, -0.05) is 0 Å². The molecule has 0 aromatic heterocycles. The number of esters is 1. The monoisotopic (exact) mass is 354 g/mol. The SMILES string of the molecule is CCOC(=O)Cc1c[c-]ccc1.[Zn+][I]. The average molecular weight is 355 g/mol. The van der Waals surface area contributed by atoms with E-state index >= 15 is 0 Å². The van der Waals surface area contributed by atoms with Gasteiger partial charge in [0.25, 0.3) is 5.97 Å². The molecule has 0 aliphatic rings. The molecule has 0 atom stereocenters. The zero-order chi connectivity index (χ0) is 10.8. The van der Waals surface area contributed by atoms with Crippen LogP contribution in [0, 0.1) is 6.07 Å². The molecule has 0 N–H and O–H groups in total. The van der Waals surface area contributed by atoms with Crippen LogP contribution in [0.2, 0.25) is 0 Å². The number of halogens is 1. The molecule has 0 radical (unpaired) electrons. The molecule has 1 aromatic rings. The van der Waals surface area contributed by atoms with Crippen LogP contribution in [0.3, 0.4) is 0 Å². The number of carbonyl (C=O) groups is 1. The van der Waals surface area contributed by atoms with Gasteiger partial charge in [0, 0.05) is 6.42 Å². The molecule has 0 saturated heterocycles. The maximum atomic E-state index is 11.0. The Balaban J connectivity index is 0.000000791. The molecule has 1 rings (SSSR count). The van der Waals surface area contributed by atoms with Crippen molar-refractivity contribution in [2.24, 2.45) is 0 Å². The van der Waals surface area contributed by atoms with Crippen molar-refractivity contribution in [3.8, 4) is 0 Å². The van der Waals surface area contributed by atoms with Crippen LogP contribution in [0.5, 0.6) is 0 Å². The van der Waals surface area contributed by atoms with Gasteiger partial charge in [-0.25, -0.2) is 0 Å². The summed E-state index contributed by atoms with van der Waals surface area (Å²) in [5.74, 6) is -0.183. The number of carbonyl (C=O) groups excluding carboxylic acids is 1. The van der Waals surface area contributed by atoms with E-state index in [4.69, 9.17) is 4.74 Å². The van der Waals surface area contributed by atoms with E-state index in [9.17, 15) is 4.79 Å². The van der Waals surface area contributed by atoms with Crippen LogP contribution < -0.4 is 0 Å². The number of hydrogen-bond acceptors (Lipinski definition) is 2. The van der Waals surface area contributed by atoms with E-state index in [-0.39, 0.29) is 5.97 Å². The fourth-order valence-electron chi connectivity index (χ4n) is 0.919. The minimum atomic E-state index is -0.183. The van der Waals surface area contributed by atoms with Crippen molar-refractivity contribution in [1.29, 1.82) is 0 Å². The van der Waals surface area contributed by atoms with Gasteiger partial charge in [0.05, 0.1) is 6.61 Å². The summed E-state index contributed by atoms with van der Waals surface area (Å²) < 4.78 is 4.79. The number of hydrogen-bond donors (Lipinski definition) is 0. The van der Waals surface area contributed by atoms with Gasteiger partial charge in [-0.05, 0) is 6.92 Å². The zero-order valence-electron chi connectivity index (χ0n) is 8.13. The molecule has 4 heteroatoms. The summed E-state index contributed by atoms with van der Waals surface area (Å²) in [7, 11) is 0. The van der Waals surface area contributed by atoms with Crippen molar-refractivity contribution in [1.82, 2.24) is 0 Å². The van der Waals surface area contributed by atoms with Crippen molar-refractivity contribution in [2.45, 2.75) is 13.3 Å². The van der Waals surface area contributed by atoms with Crippen LogP contribution in [0.1, 0.15) is 12.5 Å². The summed E-state index contributed by atoms with van der Waals surface area (Å²) in [6, 6.07) is 10.2. The van der Waals surface area contributed by atoms with Crippen molar-refractivity contribution in [3.05, 3.63) is 35.9 Å². The van der Waals surface area contributed by atoms with E-state index in [2.05, 4.69) is 25.8 Å². The molecule has 0 fully saturated rings. The van der Waals surface area contributed by atoms with Gasteiger partial charge in [-0.3, -0.25) is 4.79 Å². The summed E-state index contributed by atoms with van der Waals surface area (Å²) in [6.07, 6.45) is 0.338. The third-order valence-corrected chi connectivity index (χ3v) is 1.43. The molecule has 14 heavy (non-hydrogen) atoms. The number of ether oxygens (including phenoxy) is 1. The van der Waals surface area contributed by atoms with E-state index < -0.39 is 0 Å². The number of benzene rings is 1. The molecule has 72 valence electrons. The summed E-state index contributed by atoms with van der Waals surface area (Å²) in [5.41, 5.74) is 0.941. The second-order valence-corrected chi connectivity index (χ2v) is 2.39. The summed E-state index contributed by atoms with van der Waals surface area (Å²) >= 11 is 3.62. The van der Waals surface area contributed by atoms with Crippen molar-refractivity contribution >= 4 is 25.7 Å². The van der Waals surface area contributed by atoms with Gasteiger partial charge in [0.2, 0.25) is 0 Å². The molecular weight excluding hydrogens is 344 g/mol. The predicted octanol–water partition coefficient (Wildman–Crippen LogP) is 2.48. The molecule has 0 aliphatic carbocycles. The van der Waals surface area contributed by atoms with Gasteiger partial charge >= 0.3 is 34.5 Å². The molecule has 0 saturated carbocycles. The molecule has 0 aliphatic heterocycles. The van der Waals surface area contributed by atoms with E-state index in [0.717, 1.165) is 5.56 Å². The Bertz CT molecular complexity index is 252. The summed E-state index contributed by atoms with van der Waals surface area (Å²) in [5, 5.41) is 0. The Hall–Kier alpha value is 0.0434. The minimum absolute atomic E-state index is 0.183. The van der Waals surface area contributed by atoms with E-state index in [1.165, 1.54) is 14.8 Å². The maximum absolute atomic E-state index is 11.0.